The summed E-state index contributed by atoms with van der Waals surface area (Å²) in [6, 6.07) is 17.9. The summed E-state index contributed by atoms with van der Waals surface area (Å²) in [5, 5.41) is 0.580. The molecule has 0 fully saturated rings. The Morgan fingerprint density at radius 3 is 2.15 bits per heavy atom. The number of hydrogen-bond acceptors (Lipinski definition) is 4. The lowest BCUT2D eigenvalue weighted by atomic mass is 10.2. The summed E-state index contributed by atoms with van der Waals surface area (Å²) in [6.45, 7) is 2.09. The lowest BCUT2D eigenvalue weighted by Gasteiger charge is -2.27. The SMILES string of the molecule is CCOc1ccc(S(=O)(=O)N(CC(=O)N(C)Cc2ccc(Cl)cc2)c2ccc(F)cc2)cc1. The molecule has 0 saturated carbocycles. The van der Waals surface area contributed by atoms with E-state index in [4.69, 9.17) is 16.3 Å². The van der Waals surface area contributed by atoms with E-state index >= 15 is 0 Å². The molecule has 3 aromatic carbocycles. The standard InChI is InChI=1S/C24H24ClFN2O4S/c1-3-32-22-12-14-23(15-13-22)33(30,31)28(21-10-8-20(26)9-11-21)17-24(29)27(2)16-18-4-6-19(25)7-5-18/h4-15H,3,16-17H2,1-2H3. The normalized spacial score (nSPS) is 11.2. The fourth-order valence-corrected chi connectivity index (χ4v) is 4.66. The molecule has 33 heavy (non-hydrogen) atoms. The molecule has 0 radical (unpaired) electrons. The first-order valence-electron chi connectivity index (χ1n) is 10.2. The van der Waals surface area contributed by atoms with Crippen molar-refractivity contribution in [2.75, 3.05) is 24.5 Å². The van der Waals surface area contributed by atoms with E-state index in [1.807, 2.05) is 6.92 Å². The van der Waals surface area contributed by atoms with Gasteiger partial charge in [-0.3, -0.25) is 9.10 Å². The molecule has 0 atom stereocenters. The molecule has 1 amide bonds. The van der Waals surface area contributed by atoms with E-state index in [2.05, 4.69) is 0 Å². The summed E-state index contributed by atoms with van der Waals surface area (Å²) in [5.74, 6) is -0.407. The van der Waals surface area contributed by atoms with Gasteiger partial charge in [0, 0.05) is 18.6 Å². The Labute approximate surface area is 198 Å². The maximum atomic E-state index is 13.5. The van der Waals surface area contributed by atoms with Crippen LogP contribution in [0, 0.1) is 5.82 Å². The highest BCUT2D eigenvalue weighted by atomic mass is 35.5. The minimum Gasteiger partial charge on any atom is -0.494 e. The van der Waals surface area contributed by atoms with Crippen molar-refractivity contribution in [3.8, 4) is 5.75 Å². The first kappa shape index (κ1) is 24.5. The van der Waals surface area contributed by atoms with Crippen molar-refractivity contribution in [2.24, 2.45) is 0 Å². The summed E-state index contributed by atoms with van der Waals surface area (Å²) in [4.78, 5) is 14.4. The van der Waals surface area contributed by atoms with Gasteiger partial charge in [-0.05, 0) is 73.2 Å². The Balaban J connectivity index is 1.88. The molecule has 0 heterocycles. The predicted octanol–water partition coefficient (Wildman–Crippen LogP) is 4.73. The number of rotatable bonds is 9. The third kappa shape index (κ3) is 6.24. The summed E-state index contributed by atoms with van der Waals surface area (Å²) in [7, 11) is -2.53. The van der Waals surface area contributed by atoms with E-state index in [1.165, 1.54) is 29.2 Å². The van der Waals surface area contributed by atoms with Gasteiger partial charge in [0.05, 0.1) is 17.2 Å². The summed E-state index contributed by atoms with van der Waals surface area (Å²) >= 11 is 5.91. The minimum absolute atomic E-state index is 0.0107. The predicted molar refractivity (Wildman–Crippen MR) is 126 cm³/mol. The molecule has 0 aromatic heterocycles. The van der Waals surface area contributed by atoms with Crippen molar-refractivity contribution in [1.29, 1.82) is 0 Å². The van der Waals surface area contributed by atoms with Crippen LogP contribution in [0.15, 0.2) is 77.7 Å². The second-order valence-corrected chi connectivity index (χ2v) is 9.57. The number of hydrogen-bond donors (Lipinski definition) is 0. The van der Waals surface area contributed by atoms with E-state index in [0.29, 0.717) is 17.4 Å². The number of anilines is 1. The average Bonchev–Trinajstić information content (AvgIpc) is 2.80. The van der Waals surface area contributed by atoms with Crippen molar-refractivity contribution >= 4 is 33.2 Å². The first-order valence-corrected chi connectivity index (χ1v) is 12.0. The number of nitrogens with zero attached hydrogens (tertiary/aromatic N) is 2. The van der Waals surface area contributed by atoms with E-state index in [0.717, 1.165) is 22.0 Å². The highest BCUT2D eigenvalue weighted by Gasteiger charge is 2.28. The lowest BCUT2D eigenvalue weighted by Crippen LogP contribution is -2.41. The third-order valence-electron chi connectivity index (χ3n) is 4.87. The molecule has 0 aliphatic rings. The number of benzene rings is 3. The largest absolute Gasteiger partial charge is 0.494 e. The van der Waals surface area contributed by atoms with Crippen LogP contribution in [0.2, 0.25) is 5.02 Å². The number of halogens is 2. The first-order chi connectivity index (χ1) is 15.7. The number of likely N-dealkylation sites (N-methyl/N-ethyl adjacent to an activating group) is 1. The van der Waals surface area contributed by atoms with Gasteiger partial charge >= 0.3 is 0 Å². The van der Waals surface area contributed by atoms with Crippen molar-refractivity contribution in [2.45, 2.75) is 18.4 Å². The third-order valence-corrected chi connectivity index (χ3v) is 6.92. The van der Waals surface area contributed by atoms with Crippen molar-refractivity contribution < 1.29 is 22.3 Å². The van der Waals surface area contributed by atoms with Crippen LogP contribution in [0.5, 0.6) is 5.75 Å². The molecule has 0 unspecified atom stereocenters. The second-order valence-electron chi connectivity index (χ2n) is 7.27. The molecule has 0 N–H and O–H groups in total. The average molecular weight is 491 g/mol. The molecule has 9 heteroatoms. The van der Waals surface area contributed by atoms with Crippen LogP contribution in [0.3, 0.4) is 0 Å². The fraction of sp³-hybridized carbons (Fsp3) is 0.208. The maximum absolute atomic E-state index is 13.5. The topological polar surface area (TPSA) is 66.9 Å². The molecule has 0 bridgehead atoms. The van der Waals surface area contributed by atoms with Gasteiger partial charge in [0.15, 0.2) is 0 Å². The van der Waals surface area contributed by atoms with Crippen LogP contribution in [0.1, 0.15) is 12.5 Å². The molecule has 0 saturated heterocycles. The monoisotopic (exact) mass is 490 g/mol. The fourth-order valence-electron chi connectivity index (χ4n) is 3.12. The highest BCUT2D eigenvalue weighted by Crippen LogP contribution is 2.26. The zero-order valence-electron chi connectivity index (χ0n) is 18.2. The molecule has 6 nitrogen and oxygen atoms in total. The van der Waals surface area contributed by atoms with Gasteiger partial charge < -0.3 is 9.64 Å². The van der Waals surface area contributed by atoms with Crippen LogP contribution in [-0.2, 0) is 21.4 Å². The molecule has 3 rings (SSSR count). The van der Waals surface area contributed by atoms with E-state index < -0.39 is 28.3 Å². The van der Waals surface area contributed by atoms with Gasteiger partial charge in [0.2, 0.25) is 5.91 Å². The number of sulfonamides is 1. The smallest absolute Gasteiger partial charge is 0.264 e. The van der Waals surface area contributed by atoms with E-state index in [9.17, 15) is 17.6 Å². The quantitative estimate of drug-likeness (QED) is 0.435. The Morgan fingerprint density at radius 1 is 0.970 bits per heavy atom. The van der Waals surface area contributed by atoms with Crippen LogP contribution >= 0.6 is 11.6 Å². The van der Waals surface area contributed by atoms with Gasteiger partial charge in [-0.25, -0.2) is 12.8 Å². The zero-order chi connectivity index (χ0) is 24.0. The van der Waals surface area contributed by atoms with Gasteiger partial charge in [-0.2, -0.15) is 0 Å². The van der Waals surface area contributed by atoms with Gasteiger partial charge in [-0.1, -0.05) is 23.7 Å². The Hall–Kier alpha value is -3.10. The summed E-state index contributed by atoms with van der Waals surface area (Å²) in [6.07, 6.45) is 0. The van der Waals surface area contributed by atoms with E-state index in [-0.39, 0.29) is 17.1 Å². The number of carbonyl (C=O) groups is 1. The van der Waals surface area contributed by atoms with Crippen LogP contribution < -0.4 is 9.04 Å². The highest BCUT2D eigenvalue weighted by molar-refractivity contribution is 7.92. The molecule has 174 valence electrons. The summed E-state index contributed by atoms with van der Waals surface area (Å²) in [5.41, 5.74) is 1.02. The Bertz CT molecular complexity index is 1180. The second kappa shape index (κ2) is 10.7. The van der Waals surface area contributed by atoms with Gasteiger partial charge in [-0.15, -0.1) is 0 Å². The van der Waals surface area contributed by atoms with Crippen molar-refractivity contribution in [1.82, 2.24) is 4.90 Å². The molecule has 3 aromatic rings. The van der Waals surface area contributed by atoms with Crippen LogP contribution in [0.25, 0.3) is 0 Å². The maximum Gasteiger partial charge on any atom is 0.264 e. The number of carbonyl (C=O) groups excluding carboxylic acids is 1. The Kier molecular flexibility index (Phi) is 7.94. The van der Waals surface area contributed by atoms with Crippen molar-refractivity contribution in [3.05, 3.63) is 89.2 Å². The zero-order valence-corrected chi connectivity index (χ0v) is 19.8. The molecular formula is C24H24ClFN2O4S. The van der Waals surface area contributed by atoms with Gasteiger partial charge in [0.1, 0.15) is 18.1 Å². The molecule has 0 spiro atoms. The molecule has 0 aliphatic heterocycles. The van der Waals surface area contributed by atoms with Crippen LogP contribution in [-0.4, -0.2) is 39.4 Å². The van der Waals surface area contributed by atoms with Crippen molar-refractivity contribution in [3.63, 3.8) is 0 Å². The van der Waals surface area contributed by atoms with Gasteiger partial charge in [0.25, 0.3) is 10.0 Å². The molecule has 0 aliphatic carbocycles. The molecular weight excluding hydrogens is 467 g/mol. The van der Waals surface area contributed by atoms with E-state index in [1.54, 1.807) is 43.4 Å². The number of ether oxygens (including phenoxy) is 1. The van der Waals surface area contributed by atoms with Crippen LogP contribution in [0.4, 0.5) is 10.1 Å². The summed E-state index contributed by atoms with van der Waals surface area (Å²) < 4.78 is 46.7. The number of amides is 1. The Morgan fingerprint density at radius 2 is 1.58 bits per heavy atom. The minimum atomic E-state index is -4.12. The lowest BCUT2D eigenvalue weighted by molar-refractivity contribution is -0.128.